The molecule has 1 aromatic carbocycles. The van der Waals surface area contributed by atoms with Crippen LogP contribution in [0.25, 0.3) is 0 Å². The van der Waals surface area contributed by atoms with Gasteiger partial charge in [0.15, 0.2) is 0 Å². The Labute approximate surface area is 134 Å². The highest BCUT2D eigenvalue weighted by molar-refractivity contribution is 6.36. The number of anilines is 1. The minimum absolute atomic E-state index is 0.0575. The third-order valence-corrected chi connectivity index (χ3v) is 4.16. The quantitative estimate of drug-likeness (QED) is 0.855. The predicted octanol–water partition coefficient (Wildman–Crippen LogP) is 2.68. The minimum Gasteiger partial charge on any atom is -0.298 e. The second-order valence-electron chi connectivity index (χ2n) is 5.20. The maximum atomic E-state index is 12.3. The van der Waals surface area contributed by atoms with Crippen molar-refractivity contribution in [2.24, 2.45) is 4.99 Å². The van der Waals surface area contributed by atoms with Gasteiger partial charge in [-0.3, -0.25) is 14.7 Å². The molecule has 2 aromatic rings. The Hall–Kier alpha value is -2.14. The van der Waals surface area contributed by atoms with E-state index in [-0.39, 0.29) is 12.5 Å². The molecule has 114 valence electrons. The summed E-state index contributed by atoms with van der Waals surface area (Å²) in [5.74, 6) is 0.721. The number of hydrogen-bond donors (Lipinski definition) is 0. The van der Waals surface area contributed by atoms with E-state index in [0.29, 0.717) is 11.6 Å². The van der Waals surface area contributed by atoms with E-state index in [1.54, 1.807) is 11.9 Å². The van der Waals surface area contributed by atoms with Crippen LogP contribution in [-0.2, 0) is 11.3 Å². The Balaban J connectivity index is 2.30. The standard InChI is InChI=1S/C16H17ClN4O/c1-4-21-16-14(10(2)19-21)15(18-9-13(22)20(16)3)11-7-5-6-8-12(11)17/h5-8H,4,9H2,1-3H3. The number of carbonyl (C=O) groups excluding carboxylic acids is 1. The van der Waals surface area contributed by atoms with E-state index in [1.165, 1.54) is 0 Å². The smallest absolute Gasteiger partial charge is 0.249 e. The van der Waals surface area contributed by atoms with Gasteiger partial charge >= 0.3 is 0 Å². The van der Waals surface area contributed by atoms with Gasteiger partial charge in [0.05, 0.1) is 17.0 Å². The van der Waals surface area contributed by atoms with Crippen molar-refractivity contribution in [3.63, 3.8) is 0 Å². The van der Waals surface area contributed by atoms with E-state index < -0.39 is 0 Å². The molecule has 22 heavy (non-hydrogen) atoms. The van der Waals surface area contributed by atoms with Gasteiger partial charge in [0, 0.05) is 24.2 Å². The largest absolute Gasteiger partial charge is 0.298 e. The van der Waals surface area contributed by atoms with Crippen molar-refractivity contribution in [2.45, 2.75) is 20.4 Å². The summed E-state index contributed by atoms with van der Waals surface area (Å²) >= 11 is 6.34. The van der Waals surface area contributed by atoms with E-state index >= 15 is 0 Å². The van der Waals surface area contributed by atoms with Gasteiger partial charge in [0.1, 0.15) is 12.4 Å². The van der Waals surface area contributed by atoms with Gasteiger partial charge in [0.25, 0.3) is 0 Å². The molecule has 0 atom stereocenters. The molecule has 0 saturated heterocycles. The topological polar surface area (TPSA) is 50.5 Å². The number of hydrogen-bond acceptors (Lipinski definition) is 3. The Bertz CT molecular complexity index is 778. The van der Waals surface area contributed by atoms with Crippen LogP contribution in [0.4, 0.5) is 5.82 Å². The fraction of sp³-hybridized carbons (Fsp3) is 0.312. The van der Waals surface area contributed by atoms with Crippen molar-refractivity contribution in [3.05, 3.63) is 46.1 Å². The van der Waals surface area contributed by atoms with Crippen LogP contribution < -0.4 is 4.90 Å². The minimum atomic E-state index is -0.0575. The van der Waals surface area contributed by atoms with E-state index in [0.717, 1.165) is 28.4 Å². The summed E-state index contributed by atoms with van der Waals surface area (Å²) in [6, 6.07) is 7.54. The van der Waals surface area contributed by atoms with Crippen molar-refractivity contribution < 1.29 is 4.79 Å². The number of nitrogens with zero attached hydrogens (tertiary/aromatic N) is 4. The van der Waals surface area contributed by atoms with Gasteiger partial charge in [-0.05, 0) is 19.9 Å². The van der Waals surface area contributed by atoms with Gasteiger partial charge in [-0.1, -0.05) is 29.8 Å². The van der Waals surface area contributed by atoms with E-state index in [2.05, 4.69) is 10.1 Å². The van der Waals surface area contributed by atoms with E-state index in [9.17, 15) is 4.79 Å². The lowest BCUT2D eigenvalue weighted by Crippen LogP contribution is -2.30. The second-order valence-corrected chi connectivity index (χ2v) is 5.60. The lowest BCUT2D eigenvalue weighted by molar-refractivity contribution is -0.117. The first-order chi connectivity index (χ1) is 10.5. The fourth-order valence-electron chi connectivity index (χ4n) is 2.73. The summed E-state index contributed by atoms with van der Waals surface area (Å²) in [5.41, 5.74) is 3.28. The lowest BCUT2D eigenvalue weighted by atomic mass is 10.0. The van der Waals surface area contributed by atoms with Gasteiger partial charge in [-0.2, -0.15) is 5.10 Å². The molecular weight excluding hydrogens is 300 g/mol. The number of amides is 1. The number of aliphatic imine (C=N–C) groups is 1. The van der Waals surface area contributed by atoms with Gasteiger partial charge in [-0.15, -0.1) is 0 Å². The molecule has 1 aliphatic heterocycles. The highest BCUT2D eigenvalue weighted by Gasteiger charge is 2.29. The number of fused-ring (bicyclic) bond motifs is 1. The van der Waals surface area contributed by atoms with E-state index in [1.807, 2.05) is 42.8 Å². The van der Waals surface area contributed by atoms with Crippen molar-refractivity contribution in [1.29, 1.82) is 0 Å². The average Bonchev–Trinajstić information content (AvgIpc) is 2.78. The van der Waals surface area contributed by atoms with Crippen LogP contribution in [0.2, 0.25) is 5.02 Å². The van der Waals surface area contributed by atoms with Crippen molar-refractivity contribution in [1.82, 2.24) is 9.78 Å². The molecule has 1 aromatic heterocycles. The van der Waals surface area contributed by atoms with Crippen LogP contribution >= 0.6 is 11.6 Å². The normalized spacial score (nSPS) is 14.6. The van der Waals surface area contributed by atoms with Gasteiger partial charge in [0.2, 0.25) is 5.91 Å². The monoisotopic (exact) mass is 316 g/mol. The molecule has 0 fully saturated rings. The fourth-order valence-corrected chi connectivity index (χ4v) is 2.96. The first-order valence-corrected chi connectivity index (χ1v) is 7.56. The molecule has 0 spiro atoms. The molecule has 0 unspecified atom stereocenters. The molecule has 6 heteroatoms. The van der Waals surface area contributed by atoms with E-state index in [4.69, 9.17) is 11.6 Å². The third kappa shape index (κ3) is 2.22. The number of carbonyl (C=O) groups is 1. The maximum Gasteiger partial charge on any atom is 0.249 e. The Morgan fingerprint density at radius 2 is 2.05 bits per heavy atom. The van der Waals surface area contributed by atoms with Crippen molar-refractivity contribution >= 4 is 29.0 Å². The van der Waals surface area contributed by atoms with Crippen LogP contribution in [0.15, 0.2) is 29.3 Å². The summed E-state index contributed by atoms with van der Waals surface area (Å²) < 4.78 is 1.83. The molecule has 0 N–H and O–H groups in total. The first kappa shape index (κ1) is 14.8. The zero-order valence-electron chi connectivity index (χ0n) is 12.8. The molecule has 2 heterocycles. The summed E-state index contributed by atoms with van der Waals surface area (Å²) in [6.45, 7) is 4.72. The highest BCUT2D eigenvalue weighted by Crippen LogP contribution is 2.31. The van der Waals surface area contributed by atoms with Crippen LogP contribution in [0.5, 0.6) is 0 Å². The zero-order valence-corrected chi connectivity index (χ0v) is 13.6. The summed E-state index contributed by atoms with van der Waals surface area (Å²) in [5, 5.41) is 5.16. The van der Waals surface area contributed by atoms with Gasteiger partial charge in [-0.25, -0.2) is 4.68 Å². The average molecular weight is 317 g/mol. The highest BCUT2D eigenvalue weighted by atomic mass is 35.5. The molecule has 1 aliphatic rings. The van der Waals surface area contributed by atoms with Crippen molar-refractivity contribution in [3.8, 4) is 0 Å². The number of halogens is 1. The number of aromatic nitrogens is 2. The van der Waals surface area contributed by atoms with Crippen LogP contribution in [0.1, 0.15) is 23.7 Å². The van der Waals surface area contributed by atoms with Crippen LogP contribution in [0.3, 0.4) is 0 Å². The maximum absolute atomic E-state index is 12.3. The summed E-state index contributed by atoms with van der Waals surface area (Å²) in [6.07, 6.45) is 0. The van der Waals surface area contributed by atoms with Crippen LogP contribution in [-0.4, -0.2) is 35.0 Å². The molecule has 5 nitrogen and oxygen atoms in total. The third-order valence-electron chi connectivity index (χ3n) is 3.83. The number of benzene rings is 1. The molecule has 0 radical (unpaired) electrons. The predicted molar refractivity (Wildman–Crippen MR) is 88.0 cm³/mol. The molecular formula is C16H17ClN4O. The van der Waals surface area contributed by atoms with Crippen LogP contribution in [0, 0.1) is 6.92 Å². The molecule has 0 aliphatic carbocycles. The number of aryl methyl sites for hydroxylation is 2. The van der Waals surface area contributed by atoms with Gasteiger partial charge < -0.3 is 0 Å². The summed E-state index contributed by atoms with van der Waals surface area (Å²) in [4.78, 5) is 18.4. The lowest BCUT2D eigenvalue weighted by Gasteiger charge is -2.17. The molecule has 3 rings (SSSR count). The number of rotatable bonds is 2. The molecule has 0 saturated carbocycles. The Kier molecular flexibility index (Phi) is 3.74. The number of likely N-dealkylation sites (N-methyl/N-ethyl adjacent to an activating group) is 1. The van der Waals surface area contributed by atoms with Crippen molar-refractivity contribution in [2.75, 3.05) is 18.5 Å². The molecule has 0 bridgehead atoms. The SMILES string of the molecule is CCn1nc(C)c2c1N(C)C(=O)CN=C2c1ccccc1Cl. The Morgan fingerprint density at radius 3 is 2.73 bits per heavy atom. The zero-order chi connectivity index (χ0) is 15.9. The second kappa shape index (κ2) is 5.57. The summed E-state index contributed by atoms with van der Waals surface area (Å²) in [7, 11) is 1.76. The molecule has 1 amide bonds. The first-order valence-electron chi connectivity index (χ1n) is 7.18. The Morgan fingerprint density at radius 1 is 1.32 bits per heavy atom.